The van der Waals surface area contributed by atoms with Gasteiger partial charge in [0.25, 0.3) is 5.91 Å². The zero-order valence-corrected chi connectivity index (χ0v) is 16.6. The lowest BCUT2D eigenvalue weighted by Crippen LogP contribution is -2.60. The molecule has 0 aromatic carbocycles. The van der Waals surface area contributed by atoms with E-state index in [-0.39, 0.29) is 24.3 Å². The highest BCUT2D eigenvalue weighted by Crippen LogP contribution is 2.26. The van der Waals surface area contributed by atoms with Crippen molar-refractivity contribution in [3.63, 3.8) is 0 Å². The number of amides is 3. The van der Waals surface area contributed by atoms with Gasteiger partial charge in [0.1, 0.15) is 5.60 Å². The average Bonchev–Trinajstić information content (AvgIpc) is 2.69. The van der Waals surface area contributed by atoms with Gasteiger partial charge in [-0.05, 0) is 38.8 Å². The number of ether oxygens (including phenoxy) is 1. The standard InChI is InChI=1S/C18H32N4O3.ClH/c1-25-18(7-9-19-10-8-18)16(23)21-11-13-22(14-12-21)17(24)20-15-5-3-2-4-6-15;/h15,19H,2-14H2,1H3,(H,20,24);1H. The molecule has 3 fully saturated rings. The number of halogens is 1. The minimum absolute atomic E-state index is 0. The summed E-state index contributed by atoms with van der Waals surface area (Å²) in [5.74, 6) is 0.0869. The number of hydrogen-bond acceptors (Lipinski definition) is 4. The monoisotopic (exact) mass is 388 g/mol. The molecule has 2 aliphatic heterocycles. The van der Waals surface area contributed by atoms with E-state index in [4.69, 9.17) is 4.74 Å². The van der Waals surface area contributed by atoms with E-state index >= 15 is 0 Å². The summed E-state index contributed by atoms with van der Waals surface area (Å²) in [5.41, 5.74) is -0.683. The van der Waals surface area contributed by atoms with Crippen molar-refractivity contribution in [3.05, 3.63) is 0 Å². The van der Waals surface area contributed by atoms with Crippen molar-refractivity contribution in [1.82, 2.24) is 20.4 Å². The maximum atomic E-state index is 13.0. The lowest BCUT2D eigenvalue weighted by Gasteiger charge is -2.42. The van der Waals surface area contributed by atoms with Crippen LogP contribution in [0.5, 0.6) is 0 Å². The van der Waals surface area contributed by atoms with E-state index in [1.807, 2.05) is 9.80 Å². The molecule has 0 radical (unpaired) electrons. The van der Waals surface area contributed by atoms with Crippen LogP contribution in [0.15, 0.2) is 0 Å². The van der Waals surface area contributed by atoms with E-state index in [9.17, 15) is 9.59 Å². The van der Waals surface area contributed by atoms with Gasteiger partial charge in [-0.1, -0.05) is 19.3 Å². The van der Waals surface area contributed by atoms with Gasteiger partial charge in [0.2, 0.25) is 0 Å². The summed E-state index contributed by atoms with van der Waals surface area (Å²) in [5, 5.41) is 6.45. The largest absolute Gasteiger partial charge is 0.368 e. The van der Waals surface area contributed by atoms with Gasteiger partial charge in [-0.15, -0.1) is 12.4 Å². The summed E-state index contributed by atoms with van der Waals surface area (Å²) in [6, 6.07) is 0.356. The van der Waals surface area contributed by atoms with E-state index in [1.54, 1.807) is 7.11 Å². The Hall–Kier alpha value is -1.05. The highest BCUT2D eigenvalue weighted by Gasteiger charge is 2.43. The fourth-order valence-corrected chi connectivity index (χ4v) is 4.25. The molecule has 0 atom stereocenters. The van der Waals surface area contributed by atoms with E-state index in [0.717, 1.165) is 25.9 Å². The molecule has 1 aliphatic carbocycles. The van der Waals surface area contributed by atoms with Gasteiger partial charge in [-0.25, -0.2) is 4.79 Å². The van der Waals surface area contributed by atoms with Crippen LogP contribution in [-0.4, -0.2) is 79.8 Å². The molecule has 150 valence electrons. The summed E-state index contributed by atoms with van der Waals surface area (Å²) in [7, 11) is 1.64. The van der Waals surface area contributed by atoms with Crippen LogP contribution in [0, 0.1) is 0 Å². The average molecular weight is 389 g/mol. The van der Waals surface area contributed by atoms with Crippen molar-refractivity contribution in [1.29, 1.82) is 0 Å². The summed E-state index contributed by atoms with van der Waals surface area (Å²) < 4.78 is 5.64. The second-order valence-electron chi connectivity index (χ2n) is 7.51. The number of piperidine rings is 1. The SMILES string of the molecule is COC1(C(=O)N2CCN(C(=O)NC3CCCCC3)CC2)CCNCC1.Cl. The first kappa shape index (κ1) is 21.3. The summed E-state index contributed by atoms with van der Waals surface area (Å²) >= 11 is 0. The lowest BCUT2D eigenvalue weighted by molar-refractivity contribution is -0.159. The zero-order chi connectivity index (χ0) is 17.7. The molecule has 0 unspecified atom stereocenters. The van der Waals surface area contributed by atoms with Crippen molar-refractivity contribution < 1.29 is 14.3 Å². The third-order valence-corrected chi connectivity index (χ3v) is 5.98. The van der Waals surface area contributed by atoms with Crippen LogP contribution >= 0.6 is 12.4 Å². The molecule has 2 saturated heterocycles. The van der Waals surface area contributed by atoms with Crippen LogP contribution in [0.2, 0.25) is 0 Å². The number of nitrogens with zero attached hydrogens (tertiary/aromatic N) is 2. The first-order valence-electron chi connectivity index (χ1n) is 9.75. The van der Waals surface area contributed by atoms with Crippen molar-refractivity contribution in [3.8, 4) is 0 Å². The summed E-state index contributed by atoms with van der Waals surface area (Å²) in [4.78, 5) is 29.1. The second kappa shape index (κ2) is 9.76. The van der Waals surface area contributed by atoms with Gasteiger partial charge in [0, 0.05) is 39.3 Å². The van der Waals surface area contributed by atoms with Gasteiger partial charge in [0.05, 0.1) is 0 Å². The Balaban J connectivity index is 0.00000243. The van der Waals surface area contributed by atoms with E-state index in [1.165, 1.54) is 19.3 Å². The fraction of sp³-hybridized carbons (Fsp3) is 0.889. The molecule has 1 saturated carbocycles. The smallest absolute Gasteiger partial charge is 0.317 e. The Morgan fingerprint density at radius 1 is 1.00 bits per heavy atom. The Kier molecular flexibility index (Phi) is 7.98. The molecule has 2 heterocycles. The number of methoxy groups -OCH3 is 1. The molecule has 3 rings (SSSR count). The zero-order valence-electron chi connectivity index (χ0n) is 15.8. The molecule has 26 heavy (non-hydrogen) atoms. The summed E-state index contributed by atoms with van der Waals surface area (Å²) in [6.07, 6.45) is 7.31. The van der Waals surface area contributed by atoms with Gasteiger partial charge in [0.15, 0.2) is 0 Å². The quantitative estimate of drug-likeness (QED) is 0.765. The minimum Gasteiger partial charge on any atom is -0.368 e. The molecular formula is C18H33ClN4O3. The lowest BCUT2D eigenvalue weighted by atomic mass is 9.90. The normalized spacial score (nSPS) is 23.9. The number of urea groups is 1. The van der Waals surface area contributed by atoms with Crippen molar-refractivity contribution >= 4 is 24.3 Å². The number of carbonyl (C=O) groups is 2. The number of hydrogen-bond donors (Lipinski definition) is 2. The van der Waals surface area contributed by atoms with Crippen LogP contribution in [-0.2, 0) is 9.53 Å². The third-order valence-electron chi connectivity index (χ3n) is 5.98. The third kappa shape index (κ3) is 4.81. The minimum atomic E-state index is -0.683. The molecule has 7 nitrogen and oxygen atoms in total. The van der Waals surface area contributed by atoms with Crippen LogP contribution in [0.1, 0.15) is 44.9 Å². The molecular weight excluding hydrogens is 356 g/mol. The van der Waals surface area contributed by atoms with Crippen molar-refractivity contribution in [2.45, 2.75) is 56.6 Å². The first-order valence-corrected chi connectivity index (χ1v) is 9.75. The van der Waals surface area contributed by atoms with Gasteiger partial charge in [-0.3, -0.25) is 4.79 Å². The van der Waals surface area contributed by atoms with Crippen molar-refractivity contribution in [2.24, 2.45) is 0 Å². The molecule has 0 bridgehead atoms. The van der Waals surface area contributed by atoms with Crippen molar-refractivity contribution in [2.75, 3.05) is 46.4 Å². The number of nitrogens with one attached hydrogen (secondary N) is 2. The van der Waals surface area contributed by atoms with Crippen LogP contribution in [0.4, 0.5) is 4.79 Å². The number of piperazine rings is 1. The van der Waals surface area contributed by atoms with Gasteiger partial charge >= 0.3 is 6.03 Å². The second-order valence-corrected chi connectivity index (χ2v) is 7.51. The highest BCUT2D eigenvalue weighted by atomic mass is 35.5. The molecule has 3 aliphatic rings. The van der Waals surface area contributed by atoms with Crippen LogP contribution in [0.3, 0.4) is 0 Å². The molecule has 0 aromatic rings. The van der Waals surface area contributed by atoms with Gasteiger partial charge in [-0.2, -0.15) is 0 Å². The molecule has 2 N–H and O–H groups in total. The van der Waals surface area contributed by atoms with Crippen LogP contribution < -0.4 is 10.6 Å². The maximum Gasteiger partial charge on any atom is 0.317 e. The first-order chi connectivity index (χ1) is 12.1. The van der Waals surface area contributed by atoms with Gasteiger partial charge < -0.3 is 25.2 Å². The Bertz CT molecular complexity index is 471. The van der Waals surface area contributed by atoms with Crippen LogP contribution in [0.25, 0.3) is 0 Å². The Morgan fingerprint density at radius 2 is 1.58 bits per heavy atom. The Morgan fingerprint density at radius 3 is 2.15 bits per heavy atom. The van der Waals surface area contributed by atoms with E-state index in [2.05, 4.69) is 10.6 Å². The highest BCUT2D eigenvalue weighted by molar-refractivity contribution is 5.86. The maximum absolute atomic E-state index is 13.0. The van der Waals surface area contributed by atoms with E-state index < -0.39 is 5.60 Å². The topological polar surface area (TPSA) is 73.9 Å². The fourth-order valence-electron chi connectivity index (χ4n) is 4.25. The van der Waals surface area contributed by atoms with E-state index in [0.29, 0.717) is 45.1 Å². The predicted octanol–water partition coefficient (Wildman–Crippen LogP) is 1.36. The molecule has 8 heteroatoms. The molecule has 0 spiro atoms. The molecule has 0 aromatic heterocycles. The number of carbonyl (C=O) groups excluding carboxylic acids is 2. The Labute approximate surface area is 162 Å². The summed E-state index contributed by atoms with van der Waals surface area (Å²) in [6.45, 7) is 4.00. The molecule has 3 amide bonds. The predicted molar refractivity (Wildman–Crippen MR) is 103 cm³/mol. The number of rotatable bonds is 3.